The fourth-order valence-electron chi connectivity index (χ4n) is 2.65. The highest BCUT2D eigenvalue weighted by Crippen LogP contribution is 2.41. The highest BCUT2D eigenvalue weighted by atomic mass is 32.2. The molecule has 0 saturated carbocycles. The van der Waals surface area contributed by atoms with Crippen LogP contribution in [-0.4, -0.2) is 34.8 Å². The number of hydrogen-bond acceptors (Lipinski definition) is 3. The summed E-state index contributed by atoms with van der Waals surface area (Å²) in [6.07, 6.45) is 0. The van der Waals surface area contributed by atoms with Crippen LogP contribution in [0.5, 0.6) is 5.75 Å². The summed E-state index contributed by atoms with van der Waals surface area (Å²) >= 11 is 1.55. The molecule has 0 radical (unpaired) electrons. The Morgan fingerprint density at radius 2 is 1.42 bits per heavy atom. The van der Waals surface area contributed by atoms with Gasteiger partial charge in [-0.15, -0.1) is 11.8 Å². The van der Waals surface area contributed by atoms with E-state index in [1.54, 1.807) is 11.8 Å². The van der Waals surface area contributed by atoms with Crippen molar-refractivity contribution in [2.45, 2.75) is 71.1 Å². The molecule has 0 bridgehead atoms. The highest BCUT2D eigenvalue weighted by Gasteiger charge is 2.26. The second-order valence-corrected chi connectivity index (χ2v) is 9.27. The molecule has 1 amide bonds. The normalized spacial score (nSPS) is 12.3. The Labute approximate surface area is 151 Å². The van der Waals surface area contributed by atoms with E-state index in [1.165, 1.54) is 0 Å². The molecule has 136 valence electrons. The van der Waals surface area contributed by atoms with E-state index < -0.39 is 0 Å². The van der Waals surface area contributed by atoms with Crippen molar-refractivity contribution in [3.05, 3.63) is 23.3 Å². The largest absolute Gasteiger partial charge is 0.507 e. The van der Waals surface area contributed by atoms with Crippen molar-refractivity contribution in [2.24, 2.45) is 0 Å². The first-order chi connectivity index (χ1) is 10.9. The molecule has 0 heterocycles. The molecule has 0 saturated heterocycles. The highest BCUT2D eigenvalue weighted by molar-refractivity contribution is 8.00. The lowest BCUT2D eigenvalue weighted by atomic mass is 9.79. The fraction of sp³-hybridized carbons (Fsp3) is 0.650. The van der Waals surface area contributed by atoms with Crippen LogP contribution in [0.15, 0.2) is 17.0 Å². The van der Waals surface area contributed by atoms with Crippen LogP contribution in [0.3, 0.4) is 0 Å². The van der Waals surface area contributed by atoms with Gasteiger partial charge in [0.1, 0.15) is 5.75 Å². The summed E-state index contributed by atoms with van der Waals surface area (Å²) in [6, 6.07) is 4.06. The van der Waals surface area contributed by atoms with Crippen LogP contribution < -0.4 is 0 Å². The Hall–Kier alpha value is -1.16. The van der Waals surface area contributed by atoms with Gasteiger partial charge < -0.3 is 10.0 Å². The number of carbonyl (C=O) groups excluding carboxylic acids is 1. The molecule has 0 aromatic heterocycles. The average molecular weight is 352 g/mol. The van der Waals surface area contributed by atoms with Crippen LogP contribution in [0.1, 0.15) is 66.5 Å². The van der Waals surface area contributed by atoms with Gasteiger partial charge in [-0.05, 0) is 36.8 Å². The average Bonchev–Trinajstić information content (AvgIpc) is 2.44. The van der Waals surface area contributed by atoms with E-state index >= 15 is 0 Å². The SMILES string of the molecule is CCN(CC)C(=O)CSc1cc(C(C)(C)C)c(O)c(C(C)(C)C)c1. The second-order valence-electron chi connectivity index (χ2n) is 8.22. The summed E-state index contributed by atoms with van der Waals surface area (Å²) in [4.78, 5) is 15.2. The maximum absolute atomic E-state index is 12.3. The Balaban J connectivity index is 3.18. The molecule has 0 unspecified atom stereocenters. The first-order valence-electron chi connectivity index (χ1n) is 8.70. The molecule has 0 spiro atoms. The van der Waals surface area contributed by atoms with Gasteiger partial charge in [0.2, 0.25) is 5.91 Å². The van der Waals surface area contributed by atoms with E-state index in [-0.39, 0.29) is 16.7 Å². The summed E-state index contributed by atoms with van der Waals surface area (Å²) in [5.41, 5.74) is 1.58. The lowest BCUT2D eigenvalue weighted by Crippen LogP contribution is -2.31. The number of amides is 1. The summed E-state index contributed by atoms with van der Waals surface area (Å²) in [6.45, 7) is 18.1. The lowest BCUT2D eigenvalue weighted by molar-refractivity contribution is -0.127. The smallest absolute Gasteiger partial charge is 0.232 e. The van der Waals surface area contributed by atoms with Gasteiger partial charge in [0, 0.05) is 29.1 Å². The van der Waals surface area contributed by atoms with Gasteiger partial charge in [-0.2, -0.15) is 0 Å². The van der Waals surface area contributed by atoms with Crippen molar-refractivity contribution in [1.29, 1.82) is 0 Å². The standard InChI is InChI=1S/C20H33NO2S/c1-9-21(10-2)17(22)13-24-14-11-15(19(3,4)5)18(23)16(12-14)20(6,7)8/h11-12,23H,9-10,13H2,1-8H3. The molecule has 0 fully saturated rings. The Morgan fingerprint density at radius 3 is 1.75 bits per heavy atom. The van der Waals surface area contributed by atoms with Gasteiger partial charge in [-0.3, -0.25) is 4.79 Å². The topological polar surface area (TPSA) is 40.5 Å². The maximum atomic E-state index is 12.3. The van der Waals surface area contributed by atoms with E-state index in [2.05, 4.69) is 41.5 Å². The van der Waals surface area contributed by atoms with Gasteiger partial charge in [0.15, 0.2) is 0 Å². The molecule has 1 N–H and O–H groups in total. The molecule has 3 nitrogen and oxygen atoms in total. The van der Waals surface area contributed by atoms with Gasteiger partial charge >= 0.3 is 0 Å². The molecular weight excluding hydrogens is 318 g/mol. The first kappa shape index (κ1) is 20.9. The number of carbonyl (C=O) groups is 1. The minimum absolute atomic E-state index is 0.149. The zero-order valence-electron chi connectivity index (χ0n) is 16.5. The van der Waals surface area contributed by atoms with Crippen molar-refractivity contribution >= 4 is 17.7 Å². The third-order valence-electron chi connectivity index (χ3n) is 4.18. The van der Waals surface area contributed by atoms with Crippen LogP contribution in [0.25, 0.3) is 0 Å². The molecule has 0 aliphatic heterocycles. The van der Waals surface area contributed by atoms with Crippen molar-refractivity contribution in [2.75, 3.05) is 18.8 Å². The Morgan fingerprint density at radius 1 is 1.00 bits per heavy atom. The second kappa shape index (κ2) is 7.81. The van der Waals surface area contributed by atoms with E-state index in [1.807, 2.05) is 30.9 Å². The molecule has 0 atom stereocenters. The fourth-order valence-corrected chi connectivity index (χ4v) is 3.52. The van der Waals surface area contributed by atoms with E-state index in [4.69, 9.17) is 0 Å². The van der Waals surface area contributed by atoms with Crippen molar-refractivity contribution in [3.8, 4) is 5.75 Å². The summed E-state index contributed by atoms with van der Waals surface area (Å²) < 4.78 is 0. The van der Waals surface area contributed by atoms with Crippen LogP contribution in [-0.2, 0) is 15.6 Å². The molecule has 1 aromatic rings. The monoisotopic (exact) mass is 351 g/mol. The predicted molar refractivity (Wildman–Crippen MR) is 104 cm³/mol. The summed E-state index contributed by atoms with van der Waals surface area (Å²) in [7, 11) is 0. The van der Waals surface area contributed by atoms with Crippen molar-refractivity contribution in [1.82, 2.24) is 4.90 Å². The van der Waals surface area contributed by atoms with Gasteiger partial charge in [-0.1, -0.05) is 41.5 Å². The Bertz CT molecular complexity index is 543. The molecule has 1 aromatic carbocycles. The van der Waals surface area contributed by atoms with Crippen LogP contribution in [0.2, 0.25) is 0 Å². The van der Waals surface area contributed by atoms with E-state index in [0.29, 0.717) is 11.5 Å². The zero-order valence-corrected chi connectivity index (χ0v) is 17.3. The number of thioether (sulfide) groups is 1. The molecule has 4 heteroatoms. The number of aromatic hydroxyl groups is 1. The minimum Gasteiger partial charge on any atom is -0.507 e. The number of phenolic OH excluding ortho intramolecular Hbond substituents is 1. The van der Waals surface area contributed by atoms with E-state index in [0.717, 1.165) is 29.1 Å². The van der Waals surface area contributed by atoms with E-state index in [9.17, 15) is 9.90 Å². The van der Waals surface area contributed by atoms with Gasteiger partial charge in [0.05, 0.1) is 5.75 Å². The summed E-state index contributed by atoms with van der Waals surface area (Å²) in [5.74, 6) is 0.974. The number of rotatable bonds is 5. The number of nitrogens with zero attached hydrogens (tertiary/aromatic N) is 1. The molecule has 0 aliphatic carbocycles. The van der Waals surface area contributed by atoms with Gasteiger partial charge in [0.25, 0.3) is 0 Å². The third-order valence-corrected chi connectivity index (χ3v) is 5.14. The van der Waals surface area contributed by atoms with Crippen LogP contribution >= 0.6 is 11.8 Å². The quantitative estimate of drug-likeness (QED) is 0.763. The summed E-state index contributed by atoms with van der Waals surface area (Å²) in [5, 5.41) is 10.7. The van der Waals surface area contributed by atoms with Crippen molar-refractivity contribution < 1.29 is 9.90 Å². The number of hydrogen-bond donors (Lipinski definition) is 1. The minimum atomic E-state index is -0.149. The first-order valence-corrected chi connectivity index (χ1v) is 9.68. The number of benzene rings is 1. The molecule has 0 aliphatic rings. The number of phenols is 1. The molecule has 1 rings (SSSR count). The van der Waals surface area contributed by atoms with Crippen LogP contribution in [0.4, 0.5) is 0 Å². The third kappa shape index (κ3) is 5.17. The maximum Gasteiger partial charge on any atom is 0.232 e. The molecular formula is C20H33NO2S. The zero-order chi connectivity index (χ0) is 18.7. The lowest BCUT2D eigenvalue weighted by Gasteiger charge is -2.28. The predicted octanol–water partition coefficient (Wildman–Crippen LogP) is 4.95. The van der Waals surface area contributed by atoms with Gasteiger partial charge in [-0.25, -0.2) is 0 Å². The molecule has 24 heavy (non-hydrogen) atoms. The van der Waals surface area contributed by atoms with Crippen molar-refractivity contribution in [3.63, 3.8) is 0 Å². The Kier molecular flexibility index (Phi) is 6.80. The van der Waals surface area contributed by atoms with Crippen LogP contribution in [0, 0.1) is 0 Å².